The molecule has 0 aliphatic heterocycles. The summed E-state index contributed by atoms with van der Waals surface area (Å²) in [5.41, 5.74) is 2.43. The van der Waals surface area contributed by atoms with Gasteiger partial charge in [-0.25, -0.2) is 4.79 Å². The summed E-state index contributed by atoms with van der Waals surface area (Å²) in [4.78, 5) is 12.5. The molecule has 0 amide bonds. The number of aryl methyl sites for hydroxylation is 1. The van der Waals surface area contributed by atoms with E-state index in [2.05, 4.69) is 0 Å². The van der Waals surface area contributed by atoms with Gasteiger partial charge in [0.1, 0.15) is 18.1 Å². The Morgan fingerprint density at radius 1 is 0.893 bits per heavy atom. The van der Waals surface area contributed by atoms with Crippen LogP contribution in [0.3, 0.4) is 0 Å². The second-order valence-electron chi connectivity index (χ2n) is 6.12. The molecule has 0 atom stereocenters. The van der Waals surface area contributed by atoms with Gasteiger partial charge in [0.25, 0.3) is 0 Å². The van der Waals surface area contributed by atoms with Gasteiger partial charge in [-0.1, -0.05) is 29.8 Å². The Labute approximate surface area is 163 Å². The van der Waals surface area contributed by atoms with Crippen molar-refractivity contribution in [2.24, 2.45) is 0 Å². The van der Waals surface area contributed by atoms with Crippen LogP contribution in [0.15, 0.2) is 52.9 Å². The molecule has 6 heteroatoms. The van der Waals surface area contributed by atoms with E-state index in [0.29, 0.717) is 28.6 Å². The zero-order valence-corrected chi connectivity index (χ0v) is 16.3. The second kappa shape index (κ2) is 8.52. The molecule has 0 saturated heterocycles. The first-order valence-electron chi connectivity index (χ1n) is 8.68. The Balaban J connectivity index is 1.71. The smallest absolute Gasteiger partial charge is 0.338 e. The lowest BCUT2D eigenvalue weighted by atomic mass is 10.1. The Kier molecular flexibility index (Phi) is 5.89. The quantitative estimate of drug-likeness (QED) is 0.555. The molecule has 0 aliphatic rings. The summed E-state index contributed by atoms with van der Waals surface area (Å²) in [6.45, 7) is 2.04. The van der Waals surface area contributed by atoms with Crippen LogP contribution in [0.4, 0.5) is 0 Å². The SMILES string of the molecule is COc1cc(C(=O)OCc2ccc(-c3ccc(C)cc3)o2)cc(OC)c1OC. The predicted molar refractivity (Wildman–Crippen MR) is 104 cm³/mol. The molecular formula is C22H22O6. The van der Waals surface area contributed by atoms with E-state index >= 15 is 0 Å². The van der Waals surface area contributed by atoms with Gasteiger partial charge in [0.05, 0.1) is 26.9 Å². The molecule has 3 rings (SSSR count). The van der Waals surface area contributed by atoms with Gasteiger partial charge in [-0.15, -0.1) is 0 Å². The lowest BCUT2D eigenvalue weighted by Gasteiger charge is -2.13. The number of ether oxygens (including phenoxy) is 4. The van der Waals surface area contributed by atoms with E-state index in [-0.39, 0.29) is 6.61 Å². The number of benzene rings is 2. The van der Waals surface area contributed by atoms with Gasteiger partial charge >= 0.3 is 5.97 Å². The van der Waals surface area contributed by atoms with Crippen LogP contribution >= 0.6 is 0 Å². The van der Waals surface area contributed by atoms with Gasteiger partial charge < -0.3 is 23.4 Å². The zero-order chi connectivity index (χ0) is 20.1. The minimum Gasteiger partial charge on any atom is -0.493 e. The molecule has 0 bridgehead atoms. The van der Waals surface area contributed by atoms with E-state index in [1.807, 2.05) is 37.3 Å². The summed E-state index contributed by atoms with van der Waals surface area (Å²) in [6, 6.07) is 14.7. The third kappa shape index (κ3) is 4.11. The normalized spacial score (nSPS) is 10.4. The van der Waals surface area contributed by atoms with Gasteiger partial charge in [0.15, 0.2) is 11.5 Å². The molecule has 2 aromatic carbocycles. The van der Waals surface area contributed by atoms with Crippen molar-refractivity contribution in [1.82, 2.24) is 0 Å². The lowest BCUT2D eigenvalue weighted by molar-refractivity contribution is 0.0445. The van der Waals surface area contributed by atoms with E-state index in [1.54, 1.807) is 18.2 Å². The van der Waals surface area contributed by atoms with Crippen LogP contribution in [0.25, 0.3) is 11.3 Å². The average molecular weight is 382 g/mol. The van der Waals surface area contributed by atoms with Crippen molar-refractivity contribution in [3.63, 3.8) is 0 Å². The fraction of sp³-hybridized carbons (Fsp3) is 0.227. The van der Waals surface area contributed by atoms with Crippen LogP contribution in [0.5, 0.6) is 17.2 Å². The van der Waals surface area contributed by atoms with Crippen LogP contribution in [0.1, 0.15) is 21.7 Å². The molecular weight excluding hydrogens is 360 g/mol. The predicted octanol–water partition coefficient (Wildman–Crippen LogP) is 4.64. The summed E-state index contributed by atoms with van der Waals surface area (Å²) in [6.07, 6.45) is 0. The Bertz CT molecular complexity index is 930. The number of esters is 1. The van der Waals surface area contributed by atoms with Crippen molar-refractivity contribution in [2.75, 3.05) is 21.3 Å². The maximum absolute atomic E-state index is 12.5. The molecule has 28 heavy (non-hydrogen) atoms. The minimum absolute atomic E-state index is 0.0152. The van der Waals surface area contributed by atoms with E-state index in [4.69, 9.17) is 23.4 Å². The molecule has 3 aromatic rings. The first-order chi connectivity index (χ1) is 13.5. The monoisotopic (exact) mass is 382 g/mol. The highest BCUT2D eigenvalue weighted by molar-refractivity contribution is 5.91. The Hall–Kier alpha value is -3.41. The van der Waals surface area contributed by atoms with Crippen LogP contribution in [0, 0.1) is 6.92 Å². The third-order valence-electron chi connectivity index (χ3n) is 4.24. The van der Waals surface area contributed by atoms with Gasteiger partial charge in [-0.3, -0.25) is 0 Å². The first-order valence-corrected chi connectivity index (χ1v) is 8.68. The second-order valence-corrected chi connectivity index (χ2v) is 6.12. The molecule has 0 unspecified atom stereocenters. The lowest BCUT2D eigenvalue weighted by Crippen LogP contribution is -2.06. The number of carbonyl (C=O) groups is 1. The van der Waals surface area contributed by atoms with Crippen LogP contribution < -0.4 is 14.2 Å². The Morgan fingerprint density at radius 2 is 1.54 bits per heavy atom. The molecule has 0 radical (unpaired) electrons. The van der Waals surface area contributed by atoms with Crippen molar-refractivity contribution in [1.29, 1.82) is 0 Å². The topological polar surface area (TPSA) is 67.1 Å². The van der Waals surface area contributed by atoms with Crippen LogP contribution in [-0.2, 0) is 11.3 Å². The maximum Gasteiger partial charge on any atom is 0.338 e. The standard InChI is InChI=1S/C22H22O6/c1-14-5-7-15(8-6-14)18-10-9-17(28-18)13-27-22(23)16-11-19(24-2)21(26-4)20(12-16)25-3/h5-12H,13H2,1-4H3. The highest BCUT2D eigenvalue weighted by Crippen LogP contribution is 2.38. The van der Waals surface area contributed by atoms with Crippen molar-refractivity contribution in [2.45, 2.75) is 13.5 Å². The zero-order valence-electron chi connectivity index (χ0n) is 16.3. The molecule has 0 aliphatic carbocycles. The number of hydrogen-bond donors (Lipinski definition) is 0. The van der Waals surface area contributed by atoms with Gasteiger partial charge in [0, 0.05) is 5.56 Å². The highest BCUT2D eigenvalue weighted by atomic mass is 16.5. The maximum atomic E-state index is 12.5. The van der Waals surface area contributed by atoms with Crippen molar-refractivity contribution in [3.8, 4) is 28.6 Å². The summed E-state index contributed by atoms with van der Waals surface area (Å²) >= 11 is 0. The van der Waals surface area contributed by atoms with Crippen LogP contribution in [-0.4, -0.2) is 27.3 Å². The number of hydrogen-bond acceptors (Lipinski definition) is 6. The van der Waals surface area contributed by atoms with E-state index in [9.17, 15) is 4.79 Å². The molecule has 0 fully saturated rings. The fourth-order valence-corrected chi connectivity index (χ4v) is 2.75. The summed E-state index contributed by atoms with van der Waals surface area (Å²) in [5, 5.41) is 0. The van der Waals surface area contributed by atoms with E-state index < -0.39 is 5.97 Å². The molecule has 1 aromatic heterocycles. The molecule has 1 heterocycles. The minimum atomic E-state index is -0.521. The van der Waals surface area contributed by atoms with Crippen molar-refractivity contribution < 1.29 is 28.2 Å². The molecule has 0 spiro atoms. The summed E-state index contributed by atoms with van der Waals surface area (Å²) < 4.78 is 26.9. The third-order valence-corrected chi connectivity index (χ3v) is 4.24. The van der Waals surface area contributed by atoms with Gasteiger partial charge in [0.2, 0.25) is 5.75 Å². The van der Waals surface area contributed by atoms with Crippen LogP contribution in [0.2, 0.25) is 0 Å². The number of furan rings is 1. The fourth-order valence-electron chi connectivity index (χ4n) is 2.75. The largest absolute Gasteiger partial charge is 0.493 e. The van der Waals surface area contributed by atoms with Gasteiger partial charge in [-0.2, -0.15) is 0 Å². The van der Waals surface area contributed by atoms with E-state index in [1.165, 1.54) is 26.9 Å². The highest BCUT2D eigenvalue weighted by Gasteiger charge is 2.18. The first kappa shape index (κ1) is 19.4. The molecule has 0 saturated carbocycles. The molecule has 6 nitrogen and oxygen atoms in total. The van der Waals surface area contributed by atoms with Crippen molar-refractivity contribution >= 4 is 5.97 Å². The Morgan fingerprint density at radius 3 is 2.11 bits per heavy atom. The molecule has 0 N–H and O–H groups in total. The number of methoxy groups -OCH3 is 3. The van der Waals surface area contributed by atoms with Gasteiger partial charge in [-0.05, 0) is 31.2 Å². The number of rotatable bonds is 7. The summed E-state index contributed by atoms with van der Waals surface area (Å²) in [5.74, 6) is 1.93. The number of carbonyl (C=O) groups excluding carboxylic acids is 1. The van der Waals surface area contributed by atoms with Crippen molar-refractivity contribution in [3.05, 3.63) is 65.4 Å². The van der Waals surface area contributed by atoms with E-state index in [0.717, 1.165) is 11.3 Å². The average Bonchev–Trinajstić information content (AvgIpc) is 3.20. The molecule has 146 valence electrons. The summed E-state index contributed by atoms with van der Waals surface area (Å²) in [7, 11) is 4.48.